The summed E-state index contributed by atoms with van der Waals surface area (Å²) >= 11 is 0. The van der Waals surface area contributed by atoms with E-state index in [1.165, 1.54) is 0 Å². The van der Waals surface area contributed by atoms with Crippen LogP contribution in [0, 0.1) is 5.92 Å². The Morgan fingerprint density at radius 2 is 2.18 bits per heavy atom. The molecule has 0 saturated carbocycles. The van der Waals surface area contributed by atoms with Gasteiger partial charge in [0.2, 0.25) is 0 Å². The molecule has 0 aliphatic rings. The number of hydrogen-bond donors (Lipinski definition) is 0. The SMILES string of the molecule is C=CC(=O)OC(=O)C(C)CC. The lowest BCUT2D eigenvalue weighted by molar-refractivity contribution is -0.159. The summed E-state index contributed by atoms with van der Waals surface area (Å²) in [7, 11) is 0. The lowest BCUT2D eigenvalue weighted by atomic mass is 10.1. The Balaban J connectivity index is 3.86. The normalized spacial score (nSPS) is 11.8. The number of esters is 2. The topological polar surface area (TPSA) is 43.4 Å². The molecule has 0 aromatic carbocycles. The van der Waals surface area contributed by atoms with Crippen LogP contribution < -0.4 is 0 Å². The third-order valence-electron chi connectivity index (χ3n) is 1.38. The standard InChI is InChI=1S/C8H12O3/c1-4-6(3)8(10)11-7(9)5-2/h5-6H,2,4H2,1,3H3. The molecule has 1 atom stereocenters. The van der Waals surface area contributed by atoms with Crippen molar-refractivity contribution >= 4 is 11.9 Å². The predicted octanol–water partition coefficient (Wildman–Crippen LogP) is 1.29. The van der Waals surface area contributed by atoms with Gasteiger partial charge in [0.1, 0.15) is 0 Å². The summed E-state index contributed by atoms with van der Waals surface area (Å²) in [5.74, 6) is -1.40. The van der Waals surface area contributed by atoms with Crippen LogP contribution >= 0.6 is 0 Å². The monoisotopic (exact) mass is 156 g/mol. The Morgan fingerprint density at radius 1 is 1.64 bits per heavy atom. The molecule has 3 nitrogen and oxygen atoms in total. The van der Waals surface area contributed by atoms with E-state index in [0.717, 1.165) is 6.08 Å². The van der Waals surface area contributed by atoms with Crippen molar-refractivity contribution in [3.8, 4) is 0 Å². The fourth-order valence-electron chi connectivity index (χ4n) is 0.408. The first-order chi connectivity index (χ1) is 5.11. The first-order valence-electron chi connectivity index (χ1n) is 3.49. The molecule has 0 radical (unpaired) electrons. The van der Waals surface area contributed by atoms with Crippen LogP contribution in [0.3, 0.4) is 0 Å². The number of ether oxygens (including phenoxy) is 1. The number of carbonyl (C=O) groups is 2. The minimum Gasteiger partial charge on any atom is -0.390 e. The minimum atomic E-state index is -0.685. The van der Waals surface area contributed by atoms with Crippen LogP contribution in [0.15, 0.2) is 12.7 Å². The van der Waals surface area contributed by atoms with Crippen LogP contribution in [0.25, 0.3) is 0 Å². The average molecular weight is 156 g/mol. The lowest BCUT2D eigenvalue weighted by Gasteiger charge is -2.04. The quantitative estimate of drug-likeness (QED) is 0.351. The molecule has 0 aromatic rings. The van der Waals surface area contributed by atoms with Gasteiger partial charge in [-0.3, -0.25) is 4.79 Å². The lowest BCUT2D eigenvalue weighted by Crippen LogP contribution is -2.17. The highest BCUT2D eigenvalue weighted by molar-refractivity contribution is 5.92. The van der Waals surface area contributed by atoms with Crippen molar-refractivity contribution in [3.63, 3.8) is 0 Å². The van der Waals surface area contributed by atoms with Crippen molar-refractivity contribution in [2.45, 2.75) is 20.3 Å². The van der Waals surface area contributed by atoms with E-state index in [4.69, 9.17) is 0 Å². The van der Waals surface area contributed by atoms with E-state index in [9.17, 15) is 9.59 Å². The first kappa shape index (κ1) is 9.88. The summed E-state index contributed by atoms with van der Waals surface area (Å²) in [6.07, 6.45) is 1.64. The molecule has 0 N–H and O–H groups in total. The third-order valence-corrected chi connectivity index (χ3v) is 1.38. The molecule has 11 heavy (non-hydrogen) atoms. The van der Waals surface area contributed by atoms with E-state index < -0.39 is 11.9 Å². The number of rotatable bonds is 3. The molecule has 0 heterocycles. The minimum absolute atomic E-state index is 0.223. The Labute approximate surface area is 66.0 Å². The molecule has 0 rings (SSSR count). The molecule has 3 heteroatoms. The van der Waals surface area contributed by atoms with Crippen molar-refractivity contribution in [2.24, 2.45) is 5.92 Å². The van der Waals surface area contributed by atoms with E-state index in [2.05, 4.69) is 11.3 Å². The first-order valence-corrected chi connectivity index (χ1v) is 3.49. The molecular formula is C8H12O3. The van der Waals surface area contributed by atoms with E-state index in [0.29, 0.717) is 6.42 Å². The molecule has 0 aromatic heterocycles. The molecule has 0 aliphatic heterocycles. The summed E-state index contributed by atoms with van der Waals surface area (Å²) in [5.41, 5.74) is 0. The summed E-state index contributed by atoms with van der Waals surface area (Å²) in [6.45, 7) is 6.73. The Hall–Kier alpha value is -1.12. The second kappa shape index (κ2) is 4.66. The molecule has 0 amide bonds. The van der Waals surface area contributed by atoms with Crippen molar-refractivity contribution in [3.05, 3.63) is 12.7 Å². The highest BCUT2D eigenvalue weighted by Crippen LogP contribution is 2.02. The second-order valence-corrected chi connectivity index (χ2v) is 2.25. The van der Waals surface area contributed by atoms with Crippen LogP contribution in [0.4, 0.5) is 0 Å². The van der Waals surface area contributed by atoms with Crippen molar-refractivity contribution in [1.29, 1.82) is 0 Å². The van der Waals surface area contributed by atoms with Gasteiger partial charge in [0.05, 0.1) is 5.92 Å². The molecule has 0 spiro atoms. The maximum Gasteiger partial charge on any atom is 0.337 e. The molecule has 62 valence electrons. The van der Waals surface area contributed by atoms with E-state index in [-0.39, 0.29) is 5.92 Å². The molecule has 0 bridgehead atoms. The van der Waals surface area contributed by atoms with Crippen LogP contribution in [-0.2, 0) is 14.3 Å². The average Bonchev–Trinajstić information content (AvgIpc) is 2.02. The second-order valence-electron chi connectivity index (χ2n) is 2.25. The third kappa shape index (κ3) is 3.55. The maximum absolute atomic E-state index is 10.9. The number of hydrogen-bond acceptors (Lipinski definition) is 3. The summed E-state index contributed by atoms with van der Waals surface area (Å²) in [6, 6.07) is 0. The van der Waals surface area contributed by atoms with Gasteiger partial charge >= 0.3 is 11.9 Å². The van der Waals surface area contributed by atoms with Gasteiger partial charge in [0.15, 0.2) is 0 Å². The van der Waals surface area contributed by atoms with Crippen LogP contribution in [0.2, 0.25) is 0 Å². The van der Waals surface area contributed by atoms with Gasteiger partial charge < -0.3 is 4.74 Å². The van der Waals surface area contributed by atoms with Crippen LogP contribution in [-0.4, -0.2) is 11.9 Å². The largest absolute Gasteiger partial charge is 0.390 e. The molecule has 0 saturated heterocycles. The Kier molecular flexibility index (Phi) is 4.18. The zero-order valence-corrected chi connectivity index (χ0v) is 6.79. The van der Waals surface area contributed by atoms with Gasteiger partial charge in [-0.05, 0) is 6.42 Å². The Morgan fingerprint density at radius 3 is 2.55 bits per heavy atom. The van der Waals surface area contributed by atoms with Crippen LogP contribution in [0.1, 0.15) is 20.3 Å². The van der Waals surface area contributed by atoms with Gasteiger partial charge in [0.25, 0.3) is 0 Å². The smallest absolute Gasteiger partial charge is 0.337 e. The summed E-state index contributed by atoms with van der Waals surface area (Å²) in [5, 5.41) is 0. The van der Waals surface area contributed by atoms with E-state index in [1.807, 2.05) is 6.92 Å². The molecule has 1 unspecified atom stereocenters. The highest BCUT2D eigenvalue weighted by Gasteiger charge is 2.13. The highest BCUT2D eigenvalue weighted by atomic mass is 16.6. The summed E-state index contributed by atoms with van der Waals surface area (Å²) in [4.78, 5) is 21.3. The Bertz CT molecular complexity index is 172. The van der Waals surface area contributed by atoms with Crippen molar-refractivity contribution < 1.29 is 14.3 Å². The van der Waals surface area contributed by atoms with Crippen LogP contribution in [0.5, 0.6) is 0 Å². The maximum atomic E-state index is 10.9. The van der Waals surface area contributed by atoms with Crippen molar-refractivity contribution in [1.82, 2.24) is 0 Å². The van der Waals surface area contributed by atoms with Gasteiger partial charge in [-0.15, -0.1) is 0 Å². The summed E-state index contributed by atoms with van der Waals surface area (Å²) < 4.78 is 4.36. The van der Waals surface area contributed by atoms with Gasteiger partial charge in [0, 0.05) is 6.08 Å². The number of carbonyl (C=O) groups excluding carboxylic acids is 2. The van der Waals surface area contributed by atoms with Gasteiger partial charge in [-0.2, -0.15) is 0 Å². The molecule has 0 aliphatic carbocycles. The van der Waals surface area contributed by atoms with Gasteiger partial charge in [-0.1, -0.05) is 20.4 Å². The fraction of sp³-hybridized carbons (Fsp3) is 0.500. The fourth-order valence-corrected chi connectivity index (χ4v) is 0.408. The van der Waals surface area contributed by atoms with Gasteiger partial charge in [-0.25, -0.2) is 4.79 Å². The predicted molar refractivity (Wildman–Crippen MR) is 40.8 cm³/mol. The zero-order chi connectivity index (χ0) is 8.85. The van der Waals surface area contributed by atoms with E-state index >= 15 is 0 Å². The molecular weight excluding hydrogens is 144 g/mol. The van der Waals surface area contributed by atoms with Crippen molar-refractivity contribution in [2.75, 3.05) is 0 Å². The zero-order valence-electron chi connectivity index (χ0n) is 6.79. The van der Waals surface area contributed by atoms with E-state index in [1.54, 1.807) is 6.92 Å². The molecule has 0 fully saturated rings.